The van der Waals surface area contributed by atoms with Crippen LogP contribution in [-0.2, 0) is 0 Å². The Balaban J connectivity index is 2.95. The normalized spacial score (nSPS) is 13.2. The van der Waals surface area contributed by atoms with Gasteiger partial charge in [-0.1, -0.05) is 32.4 Å². The van der Waals surface area contributed by atoms with Gasteiger partial charge in [0.2, 0.25) is 5.91 Å². The molecule has 5 N–H and O–H groups in total. The van der Waals surface area contributed by atoms with E-state index in [2.05, 4.69) is 26.1 Å². The number of anilines is 1. The lowest BCUT2D eigenvalue weighted by molar-refractivity contribution is 0.100. The van der Waals surface area contributed by atoms with E-state index in [1.165, 1.54) is 0 Å². The first-order valence-corrected chi connectivity index (χ1v) is 6.19. The van der Waals surface area contributed by atoms with Crippen molar-refractivity contribution in [1.29, 1.82) is 0 Å². The Bertz CT molecular complexity index is 440. The third-order valence-corrected chi connectivity index (χ3v) is 3.18. The summed E-state index contributed by atoms with van der Waals surface area (Å²) in [5, 5.41) is 3.76. The van der Waals surface area contributed by atoms with Crippen LogP contribution in [0.3, 0.4) is 0 Å². The minimum absolute atomic E-state index is 0.0143. The monoisotopic (exact) mass is 269 g/mol. The third-order valence-electron chi connectivity index (χ3n) is 2.86. The lowest BCUT2D eigenvalue weighted by atomic mass is 9.86. The lowest BCUT2D eigenvalue weighted by Gasteiger charge is -2.31. The smallest absolute Gasteiger partial charge is 0.248 e. The van der Waals surface area contributed by atoms with Crippen LogP contribution in [0.25, 0.3) is 0 Å². The van der Waals surface area contributed by atoms with E-state index in [1.807, 2.05) is 0 Å². The minimum Gasteiger partial charge on any atom is -0.379 e. The maximum atomic E-state index is 11.0. The zero-order chi connectivity index (χ0) is 13.9. The van der Waals surface area contributed by atoms with Crippen molar-refractivity contribution in [3.63, 3.8) is 0 Å². The van der Waals surface area contributed by atoms with E-state index < -0.39 is 5.91 Å². The maximum absolute atomic E-state index is 11.0. The van der Waals surface area contributed by atoms with Crippen LogP contribution < -0.4 is 16.8 Å². The highest BCUT2D eigenvalue weighted by Crippen LogP contribution is 2.28. The number of amides is 1. The van der Waals surface area contributed by atoms with Crippen molar-refractivity contribution in [1.82, 2.24) is 0 Å². The van der Waals surface area contributed by atoms with Crippen molar-refractivity contribution in [2.75, 3.05) is 11.9 Å². The molecule has 0 aliphatic heterocycles. The maximum Gasteiger partial charge on any atom is 0.248 e. The average molecular weight is 270 g/mol. The van der Waals surface area contributed by atoms with Crippen LogP contribution in [0, 0.1) is 5.41 Å². The molecule has 4 nitrogen and oxygen atoms in total. The molecule has 0 saturated heterocycles. The first-order valence-electron chi connectivity index (χ1n) is 5.81. The van der Waals surface area contributed by atoms with Gasteiger partial charge in [-0.15, -0.1) is 0 Å². The summed E-state index contributed by atoms with van der Waals surface area (Å²) in [5.74, 6) is -0.491. The van der Waals surface area contributed by atoms with Gasteiger partial charge in [-0.3, -0.25) is 4.79 Å². The van der Waals surface area contributed by atoms with Crippen molar-refractivity contribution in [2.45, 2.75) is 26.8 Å². The van der Waals surface area contributed by atoms with Gasteiger partial charge in [0.15, 0.2) is 0 Å². The summed E-state index contributed by atoms with van der Waals surface area (Å²) in [7, 11) is 0. The van der Waals surface area contributed by atoms with Crippen molar-refractivity contribution in [3.05, 3.63) is 28.8 Å². The minimum atomic E-state index is -0.491. The molecule has 1 rings (SSSR count). The Hall–Kier alpha value is -1.26. The molecule has 0 saturated carbocycles. The summed E-state index contributed by atoms with van der Waals surface area (Å²) in [6.07, 6.45) is 0. The van der Waals surface area contributed by atoms with Crippen molar-refractivity contribution >= 4 is 23.2 Å². The van der Waals surface area contributed by atoms with E-state index in [-0.39, 0.29) is 11.5 Å². The number of hydrogen-bond donors (Lipinski definition) is 3. The van der Waals surface area contributed by atoms with Gasteiger partial charge in [0.05, 0.1) is 10.7 Å². The highest BCUT2D eigenvalue weighted by Gasteiger charge is 2.23. The average Bonchev–Trinajstić information content (AvgIpc) is 2.25. The molecule has 0 spiro atoms. The summed E-state index contributed by atoms with van der Waals surface area (Å²) < 4.78 is 0. The summed E-state index contributed by atoms with van der Waals surface area (Å²) in [4.78, 5) is 11.0. The zero-order valence-electron chi connectivity index (χ0n) is 11.0. The molecule has 0 aliphatic carbocycles. The Morgan fingerprint density at radius 2 is 2.06 bits per heavy atom. The summed E-state index contributed by atoms with van der Waals surface area (Å²) >= 11 is 6.11. The van der Waals surface area contributed by atoms with Crippen LogP contribution in [0.5, 0.6) is 0 Å². The molecule has 0 bridgehead atoms. The molecule has 5 heteroatoms. The Labute approximate surface area is 113 Å². The number of hydrogen-bond acceptors (Lipinski definition) is 3. The number of carbonyl (C=O) groups excluding carboxylic acids is 1. The Morgan fingerprint density at radius 3 is 2.44 bits per heavy atom. The lowest BCUT2D eigenvalue weighted by Crippen LogP contribution is -2.40. The summed E-state index contributed by atoms with van der Waals surface area (Å²) in [6.45, 7) is 6.80. The van der Waals surface area contributed by atoms with Gasteiger partial charge < -0.3 is 16.8 Å². The van der Waals surface area contributed by atoms with E-state index in [9.17, 15) is 4.79 Å². The van der Waals surface area contributed by atoms with E-state index >= 15 is 0 Å². The fourth-order valence-electron chi connectivity index (χ4n) is 1.60. The van der Waals surface area contributed by atoms with Gasteiger partial charge in [0.1, 0.15) is 0 Å². The molecular weight excluding hydrogens is 250 g/mol. The van der Waals surface area contributed by atoms with Gasteiger partial charge in [-0.25, -0.2) is 0 Å². The fourth-order valence-corrected chi connectivity index (χ4v) is 1.84. The summed E-state index contributed by atoms with van der Waals surface area (Å²) in [5.41, 5.74) is 12.1. The van der Waals surface area contributed by atoms with E-state index in [4.69, 9.17) is 23.1 Å². The molecule has 1 amide bonds. The molecule has 0 radical (unpaired) electrons. The fraction of sp³-hybridized carbons (Fsp3) is 0.462. The number of nitrogens with two attached hydrogens (primary N) is 2. The Morgan fingerprint density at radius 1 is 1.44 bits per heavy atom. The van der Waals surface area contributed by atoms with Crippen LogP contribution in [0.15, 0.2) is 18.2 Å². The van der Waals surface area contributed by atoms with Gasteiger partial charge in [-0.05, 0) is 23.6 Å². The highest BCUT2D eigenvalue weighted by molar-refractivity contribution is 6.33. The molecule has 1 aromatic carbocycles. The number of benzene rings is 1. The largest absolute Gasteiger partial charge is 0.379 e. The number of carbonyl (C=O) groups is 1. The van der Waals surface area contributed by atoms with E-state index in [0.29, 0.717) is 17.1 Å². The second kappa shape index (κ2) is 5.59. The first-order chi connectivity index (χ1) is 8.25. The first kappa shape index (κ1) is 14.8. The Kier molecular flexibility index (Phi) is 4.59. The van der Waals surface area contributed by atoms with Crippen LogP contribution in [0.2, 0.25) is 5.02 Å². The highest BCUT2D eigenvalue weighted by atomic mass is 35.5. The van der Waals surface area contributed by atoms with Crippen molar-refractivity contribution in [3.8, 4) is 0 Å². The van der Waals surface area contributed by atoms with Crippen LogP contribution in [0.1, 0.15) is 31.1 Å². The molecule has 1 atom stereocenters. The predicted molar refractivity (Wildman–Crippen MR) is 75.9 cm³/mol. The van der Waals surface area contributed by atoms with Crippen molar-refractivity contribution in [2.24, 2.45) is 16.9 Å². The molecule has 18 heavy (non-hydrogen) atoms. The molecule has 0 fully saturated rings. The second-order valence-electron chi connectivity index (χ2n) is 5.36. The second-order valence-corrected chi connectivity index (χ2v) is 5.76. The molecule has 0 heterocycles. The van der Waals surface area contributed by atoms with Crippen molar-refractivity contribution < 1.29 is 4.79 Å². The molecule has 100 valence electrons. The molecule has 1 aromatic rings. The summed E-state index contributed by atoms with van der Waals surface area (Å²) in [6, 6.07) is 5.04. The predicted octanol–water partition coefficient (Wildman–Crippen LogP) is 2.22. The number of nitrogens with one attached hydrogen (secondary N) is 1. The topological polar surface area (TPSA) is 81.1 Å². The van der Waals surface area contributed by atoms with Gasteiger partial charge in [-0.2, -0.15) is 0 Å². The number of primary amides is 1. The van der Waals surface area contributed by atoms with Crippen LogP contribution in [0.4, 0.5) is 5.69 Å². The van der Waals surface area contributed by atoms with Crippen LogP contribution >= 0.6 is 11.6 Å². The van der Waals surface area contributed by atoms with Gasteiger partial charge in [0, 0.05) is 18.2 Å². The molecule has 0 aliphatic rings. The molecule has 0 aromatic heterocycles. The van der Waals surface area contributed by atoms with E-state index in [1.54, 1.807) is 18.2 Å². The van der Waals surface area contributed by atoms with Gasteiger partial charge in [0.25, 0.3) is 0 Å². The quantitative estimate of drug-likeness (QED) is 0.784. The SMILES string of the molecule is CC(C)(C)C(CN)Nc1ccc(C(N)=O)cc1Cl. The third kappa shape index (κ3) is 3.62. The molecular formula is C13H20ClN3O. The molecule has 1 unspecified atom stereocenters. The number of halogens is 1. The number of rotatable bonds is 4. The standard InChI is InChI=1S/C13H20ClN3O/c1-13(2,3)11(7-15)17-10-5-4-8(12(16)18)6-9(10)14/h4-6,11,17H,7,15H2,1-3H3,(H2,16,18). The van der Waals surface area contributed by atoms with Gasteiger partial charge >= 0.3 is 0 Å². The van der Waals surface area contributed by atoms with Crippen LogP contribution in [-0.4, -0.2) is 18.5 Å². The zero-order valence-corrected chi connectivity index (χ0v) is 11.7. The van der Waals surface area contributed by atoms with E-state index in [0.717, 1.165) is 5.69 Å².